The van der Waals surface area contributed by atoms with Gasteiger partial charge in [0.2, 0.25) is 0 Å². The minimum Gasteiger partial charge on any atom is -0.381 e. The maximum Gasteiger partial charge on any atom is 0.154 e. The first-order chi connectivity index (χ1) is 14.1. The average Bonchev–Trinajstić information content (AvgIpc) is 3.09. The largest absolute Gasteiger partial charge is 0.381 e. The van der Waals surface area contributed by atoms with Crippen LogP contribution in [0.15, 0.2) is 37.2 Å². The predicted molar refractivity (Wildman–Crippen MR) is 109 cm³/mol. The fourth-order valence-electron chi connectivity index (χ4n) is 5.32. The zero-order chi connectivity index (χ0) is 19.8. The van der Waals surface area contributed by atoms with Gasteiger partial charge >= 0.3 is 0 Å². The van der Waals surface area contributed by atoms with Crippen LogP contribution in [0.1, 0.15) is 43.1 Å². The molecule has 2 bridgehead atoms. The number of rotatable bonds is 0. The number of nitrogens with zero attached hydrogens (tertiary/aromatic N) is 5. The Morgan fingerprint density at radius 2 is 2.14 bits per heavy atom. The molecule has 1 saturated carbocycles. The molecule has 148 valence electrons. The van der Waals surface area contributed by atoms with Crippen LogP contribution in [0.25, 0.3) is 11.3 Å². The van der Waals surface area contributed by atoms with Gasteiger partial charge in [0.05, 0.1) is 23.6 Å². The van der Waals surface area contributed by atoms with Gasteiger partial charge in [0.25, 0.3) is 0 Å². The summed E-state index contributed by atoms with van der Waals surface area (Å²) < 4.78 is 16.1. The van der Waals surface area contributed by atoms with Gasteiger partial charge in [-0.2, -0.15) is 0 Å². The number of aryl methyl sites for hydroxylation is 1. The van der Waals surface area contributed by atoms with E-state index in [4.69, 9.17) is 5.10 Å². The predicted octanol–water partition coefficient (Wildman–Crippen LogP) is 3.28. The molecule has 6 rings (SSSR count). The van der Waals surface area contributed by atoms with Crippen LogP contribution < -0.4 is 10.2 Å². The lowest BCUT2D eigenvalue weighted by Gasteiger charge is -2.31. The number of imidazole rings is 1. The maximum absolute atomic E-state index is 14.3. The maximum atomic E-state index is 14.3. The number of pyridine rings is 1. The number of anilines is 1. The monoisotopic (exact) mass is 390 g/mol. The Morgan fingerprint density at radius 3 is 3.00 bits per heavy atom. The first-order valence-corrected chi connectivity index (χ1v) is 10.3. The van der Waals surface area contributed by atoms with E-state index in [-0.39, 0.29) is 17.4 Å². The Balaban J connectivity index is 1.57. The van der Waals surface area contributed by atoms with E-state index in [0.717, 1.165) is 66.3 Å². The van der Waals surface area contributed by atoms with Gasteiger partial charge in [0, 0.05) is 23.8 Å². The van der Waals surface area contributed by atoms with Gasteiger partial charge in [-0.25, -0.2) is 13.9 Å². The van der Waals surface area contributed by atoms with E-state index < -0.39 is 0 Å². The van der Waals surface area contributed by atoms with Crippen LogP contribution in [0.3, 0.4) is 0 Å². The van der Waals surface area contributed by atoms with E-state index in [2.05, 4.69) is 33.7 Å². The van der Waals surface area contributed by atoms with Crippen molar-refractivity contribution >= 4 is 17.2 Å². The van der Waals surface area contributed by atoms with Crippen LogP contribution in [0, 0.1) is 11.7 Å². The smallest absolute Gasteiger partial charge is 0.154 e. The van der Waals surface area contributed by atoms with Gasteiger partial charge in [-0.1, -0.05) is 6.58 Å². The highest BCUT2D eigenvalue weighted by Crippen LogP contribution is 2.63. The zero-order valence-electron chi connectivity index (χ0n) is 16.4. The Hall–Kier alpha value is -2.96. The van der Waals surface area contributed by atoms with Crippen molar-refractivity contribution in [3.8, 4) is 0 Å². The van der Waals surface area contributed by atoms with Gasteiger partial charge in [-0.15, -0.1) is 5.10 Å². The number of hydrogen-bond acceptors (Lipinski definition) is 5. The molecule has 3 aromatic rings. The van der Waals surface area contributed by atoms with Crippen molar-refractivity contribution in [1.29, 1.82) is 0 Å². The van der Waals surface area contributed by atoms with Gasteiger partial charge in [0.15, 0.2) is 5.65 Å². The standard InChI is InChI=1S/C22H23FN6/c1-13-3-4-18-17(9-16(23)11-24-18)22-10-15(22)7-8-28(22)21-6-5-20-25-12-19(14(2)26-13)29(20)27-21/h5-6,9,11-13,15,26H,2-4,7-8,10H2,1H3/t13-,15+,22-/m1/s1. The molecule has 6 nitrogen and oxygen atoms in total. The van der Waals surface area contributed by atoms with E-state index in [1.54, 1.807) is 6.07 Å². The lowest BCUT2D eigenvalue weighted by atomic mass is 9.96. The molecule has 5 heterocycles. The molecule has 3 aliphatic rings. The summed E-state index contributed by atoms with van der Waals surface area (Å²) in [5.74, 6) is 1.16. The van der Waals surface area contributed by atoms with Crippen LogP contribution in [-0.2, 0) is 12.0 Å². The quantitative estimate of drug-likeness (QED) is 0.638. The van der Waals surface area contributed by atoms with E-state index in [1.807, 2.05) is 22.8 Å². The molecule has 3 aromatic heterocycles. The summed E-state index contributed by atoms with van der Waals surface area (Å²) in [5.41, 5.74) is 4.33. The number of hydrogen-bond donors (Lipinski definition) is 1. The van der Waals surface area contributed by atoms with Gasteiger partial charge < -0.3 is 10.2 Å². The summed E-state index contributed by atoms with van der Waals surface area (Å²) in [6, 6.07) is 5.93. The third-order valence-electron chi connectivity index (χ3n) is 6.83. The van der Waals surface area contributed by atoms with Crippen molar-refractivity contribution in [3.63, 3.8) is 0 Å². The van der Waals surface area contributed by atoms with E-state index >= 15 is 0 Å². The number of aromatic nitrogens is 4. The molecule has 7 heteroatoms. The first kappa shape index (κ1) is 16.9. The second-order valence-corrected chi connectivity index (χ2v) is 8.58. The highest BCUT2D eigenvalue weighted by molar-refractivity contribution is 5.63. The molecule has 1 aliphatic carbocycles. The molecule has 29 heavy (non-hydrogen) atoms. The van der Waals surface area contributed by atoms with Crippen LogP contribution in [0.2, 0.25) is 0 Å². The Morgan fingerprint density at radius 1 is 1.24 bits per heavy atom. The third-order valence-corrected chi connectivity index (χ3v) is 6.83. The van der Waals surface area contributed by atoms with Crippen LogP contribution in [-0.4, -0.2) is 32.2 Å². The number of nitrogens with one attached hydrogen (secondary N) is 1. The van der Waals surface area contributed by atoms with Crippen molar-refractivity contribution in [1.82, 2.24) is 24.9 Å². The molecule has 3 atom stereocenters. The molecule has 2 aliphatic heterocycles. The van der Waals surface area contributed by atoms with Crippen LogP contribution in [0.4, 0.5) is 10.2 Å². The first-order valence-electron chi connectivity index (χ1n) is 10.3. The molecule has 2 fully saturated rings. The average molecular weight is 390 g/mol. The molecule has 0 amide bonds. The fraction of sp³-hybridized carbons (Fsp3) is 0.409. The minimum atomic E-state index is -0.264. The second-order valence-electron chi connectivity index (χ2n) is 8.58. The normalized spacial score (nSPS) is 28.1. The van der Waals surface area contributed by atoms with Crippen LogP contribution >= 0.6 is 0 Å². The molecular formula is C22H23FN6. The summed E-state index contributed by atoms with van der Waals surface area (Å²) in [7, 11) is 0. The zero-order valence-corrected chi connectivity index (χ0v) is 16.4. The van der Waals surface area contributed by atoms with Crippen LogP contribution in [0.5, 0.6) is 0 Å². The molecule has 0 unspecified atom stereocenters. The topological polar surface area (TPSA) is 58.4 Å². The highest BCUT2D eigenvalue weighted by atomic mass is 19.1. The summed E-state index contributed by atoms with van der Waals surface area (Å²) in [5, 5.41) is 8.41. The van der Waals surface area contributed by atoms with Gasteiger partial charge in [0.1, 0.15) is 17.3 Å². The minimum absolute atomic E-state index is 0.187. The Bertz CT molecular complexity index is 1150. The van der Waals surface area contributed by atoms with Crippen molar-refractivity contribution in [2.24, 2.45) is 5.92 Å². The number of halogens is 1. The molecule has 1 spiro atoms. The summed E-state index contributed by atoms with van der Waals surface area (Å²) in [6.07, 6.45) is 6.98. The lowest BCUT2D eigenvalue weighted by molar-refractivity contribution is 0.567. The SMILES string of the molecule is C=C1N[C@H](C)CCc2ncc(F)cc2[C@@]23C[C@@H]2CCN3c2ccc3ncc1n3n2. The molecule has 0 radical (unpaired) electrons. The Labute approximate surface area is 168 Å². The van der Waals surface area contributed by atoms with Gasteiger partial charge in [-0.3, -0.25) is 4.98 Å². The molecule has 0 aromatic carbocycles. The van der Waals surface area contributed by atoms with E-state index in [1.165, 1.54) is 6.20 Å². The highest BCUT2D eigenvalue weighted by Gasteiger charge is 2.64. The lowest BCUT2D eigenvalue weighted by Crippen LogP contribution is -2.35. The number of fused-ring (bicyclic) bond motifs is 3. The Kier molecular flexibility index (Phi) is 3.38. The summed E-state index contributed by atoms with van der Waals surface area (Å²) in [4.78, 5) is 11.4. The van der Waals surface area contributed by atoms with E-state index in [0.29, 0.717) is 5.92 Å². The third kappa shape index (κ3) is 2.36. The van der Waals surface area contributed by atoms with Crippen molar-refractivity contribution < 1.29 is 4.39 Å². The summed E-state index contributed by atoms with van der Waals surface area (Å²) >= 11 is 0. The second kappa shape index (κ2) is 5.78. The van der Waals surface area contributed by atoms with Gasteiger partial charge in [-0.05, 0) is 56.7 Å². The van der Waals surface area contributed by atoms with Crippen molar-refractivity contribution in [2.45, 2.75) is 44.2 Å². The molecule has 1 N–H and O–H groups in total. The fourth-order valence-corrected chi connectivity index (χ4v) is 5.32. The number of piperidine rings is 1. The van der Waals surface area contributed by atoms with Crippen molar-refractivity contribution in [2.75, 3.05) is 11.4 Å². The molecular weight excluding hydrogens is 367 g/mol. The molecule has 1 saturated heterocycles. The summed E-state index contributed by atoms with van der Waals surface area (Å²) in [6.45, 7) is 7.27. The van der Waals surface area contributed by atoms with Crippen molar-refractivity contribution in [3.05, 3.63) is 59.9 Å². The van der Waals surface area contributed by atoms with E-state index in [9.17, 15) is 4.39 Å².